The Morgan fingerprint density at radius 1 is 1.23 bits per heavy atom. The maximum atomic E-state index is 9.15. The normalized spacial score (nSPS) is 12.2. The molecule has 0 radical (unpaired) electrons. The molecular formula is C8H4Cl3NO. The zero-order chi connectivity index (χ0) is 10.0. The molecule has 0 amide bonds. The van der Waals surface area contributed by atoms with Gasteiger partial charge in [0.15, 0.2) is 6.10 Å². The minimum atomic E-state index is -1.23. The van der Waals surface area contributed by atoms with E-state index >= 15 is 0 Å². The number of rotatable bonds is 1. The average molecular weight is 236 g/mol. The Morgan fingerprint density at radius 2 is 1.69 bits per heavy atom. The summed E-state index contributed by atoms with van der Waals surface area (Å²) in [6, 6.07) is 4.46. The molecule has 1 rings (SSSR count). The van der Waals surface area contributed by atoms with Crippen LogP contribution in [0.3, 0.4) is 0 Å². The summed E-state index contributed by atoms with van der Waals surface area (Å²) in [4.78, 5) is 0. The number of aliphatic hydroxyl groups excluding tert-OH is 1. The summed E-state index contributed by atoms with van der Waals surface area (Å²) in [6.45, 7) is 0. The van der Waals surface area contributed by atoms with Crippen molar-refractivity contribution in [2.24, 2.45) is 0 Å². The number of nitriles is 1. The molecule has 1 aromatic carbocycles. The third kappa shape index (κ3) is 2.26. The second kappa shape index (κ2) is 4.17. The van der Waals surface area contributed by atoms with E-state index in [0.717, 1.165) is 0 Å². The highest BCUT2D eigenvalue weighted by Gasteiger charge is 2.11. The SMILES string of the molecule is N#CC(O)c1cc(Cl)c(Cl)c(Cl)c1. The molecule has 0 heterocycles. The van der Waals surface area contributed by atoms with Crippen LogP contribution in [0.1, 0.15) is 11.7 Å². The molecule has 2 nitrogen and oxygen atoms in total. The van der Waals surface area contributed by atoms with E-state index in [2.05, 4.69) is 0 Å². The van der Waals surface area contributed by atoms with Gasteiger partial charge >= 0.3 is 0 Å². The van der Waals surface area contributed by atoms with Crippen molar-refractivity contribution in [1.29, 1.82) is 5.26 Å². The molecule has 13 heavy (non-hydrogen) atoms. The molecule has 0 aliphatic rings. The minimum absolute atomic E-state index is 0.220. The van der Waals surface area contributed by atoms with Gasteiger partial charge in [-0.2, -0.15) is 5.26 Å². The molecule has 1 aromatic rings. The predicted octanol–water partition coefficient (Wildman–Crippen LogP) is 3.20. The number of benzene rings is 1. The fourth-order valence-electron chi connectivity index (χ4n) is 0.808. The van der Waals surface area contributed by atoms with Crippen molar-refractivity contribution in [2.45, 2.75) is 6.10 Å². The summed E-state index contributed by atoms with van der Waals surface area (Å²) in [5, 5.41) is 18.2. The summed E-state index contributed by atoms with van der Waals surface area (Å²) < 4.78 is 0. The molecular weight excluding hydrogens is 232 g/mol. The Hall–Kier alpha value is -0.460. The van der Waals surface area contributed by atoms with Gasteiger partial charge in [-0.05, 0) is 17.7 Å². The Balaban J connectivity index is 3.22. The van der Waals surface area contributed by atoms with Crippen molar-refractivity contribution >= 4 is 34.8 Å². The lowest BCUT2D eigenvalue weighted by Gasteiger charge is -2.05. The van der Waals surface area contributed by atoms with E-state index in [1.54, 1.807) is 6.07 Å². The molecule has 68 valence electrons. The summed E-state index contributed by atoms with van der Waals surface area (Å²) in [5.41, 5.74) is 0.335. The van der Waals surface area contributed by atoms with Crippen molar-refractivity contribution in [3.05, 3.63) is 32.8 Å². The Bertz CT molecular complexity index is 349. The van der Waals surface area contributed by atoms with Gasteiger partial charge in [0.1, 0.15) is 0 Å². The topological polar surface area (TPSA) is 44.0 Å². The van der Waals surface area contributed by atoms with Crippen LogP contribution >= 0.6 is 34.8 Å². The minimum Gasteiger partial charge on any atom is -0.374 e. The first-order chi connectivity index (χ1) is 6.06. The third-order valence-electron chi connectivity index (χ3n) is 1.44. The first kappa shape index (κ1) is 10.6. The Morgan fingerprint density at radius 3 is 2.08 bits per heavy atom. The average Bonchev–Trinajstić information content (AvgIpc) is 2.12. The zero-order valence-corrected chi connectivity index (χ0v) is 8.53. The van der Waals surface area contributed by atoms with Crippen molar-refractivity contribution in [3.63, 3.8) is 0 Å². The molecule has 5 heteroatoms. The van der Waals surface area contributed by atoms with Crippen LogP contribution in [0.25, 0.3) is 0 Å². The molecule has 1 N–H and O–H groups in total. The fraction of sp³-hybridized carbons (Fsp3) is 0.125. The highest BCUT2D eigenvalue weighted by Crippen LogP contribution is 2.32. The standard InChI is InChI=1S/C8H4Cl3NO/c9-5-1-4(7(13)3-12)2-6(10)8(5)11/h1-2,7,13H. The highest BCUT2D eigenvalue weighted by atomic mass is 35.5. The van der Waals surface area contributed by atoms with Crippen LogP contribution in [0, 0.1) is 11.3 Å². The Labute approximate surface area is 90.3 Å². The summed E-state index contributed by atoms with van der Waals surface area (Å²) >= 11 is 17.0. The fourth-order valence-corrected chi connectivity index (χ4v) is 1.42. The molecule has 0 bridgehead atoms. The quantitative estimate of drug-likeness (QED) is 0.601. The van der Waals surface area contributed by atoms with Crippen LogP contribution in [-0.2, 0) is 0 Å². The lowest BCUT2D eigenvalue weighted by molar-refractivity contribution is 0.236. The van der Waals surface area contributed by atoms with E-state index in [1.807, 2.05) is 0 Å². The smallest absolute Gasteiger partial charge is 0.166 e. The molecule has 0 fully saturated rings. The van der Waals surface area contributed by atoms with Gasteiger partial charge in [-0.15, -0.1) is 0 Å². The number of hydrogen-bond acceptors (Lipinski definition) is 2. The highest BCUT2D eigenvalue weighted by molar-refractivity contribution is 6.48. The van der Waals surface area contributed by atoms with Crippen LogP contribution in [0.2, 0.25) is 15.1 Å². The largest absolute Gasteiger partial charge is 0.374 e. The van der Waals surface area contributed by atoms with Gasteiger partial charge in [0.05, 0.1) is 21.1 Å². The van der Waals surface area contributed by atoms with Gasteiger partial charge in [-0.3, -0.25) is 0 Å². The Kier molecular flexibility index (Phi) is 3.40. The van der Waals surface area contributed by atoms with Gasteiger partial charge < -0.3 is 5.11 Å². The lowest BCUT2D eigenvalue weighted by Crippen LogP contribution is -1.93. The summed E-state index contributed by atoms with van der Waals surface area (Å²) in [7, 11) is 0. The van der Waals surface area contributed by atoms with E-state index in [0.29, 0.717) is 5.56 Å². The summed E-state index contributed by atoms with van der Waals surface area (Å²) in [5.74, 6) is 0. The second-order valence-corrected chi connectivity index (χ2v) is 3.52. The molecule has 0 aromatic heterocycles. The van der Waals surface area contributed by atoms with Gasteiger partial charge in [0.25, 0.3) is 0 Å². The molecule has 0 aliphatic carbocycles. The number of hydrogen-bond donors (Lipinski definition) is 1. The van der Waals surface area contributed by atoms with Crippen molar-refractivity contribution < 1.29 is 5.11 Å². The van der Waals surface area contributed by atoms with E-state index in [9.17, 15) is 0 Å². The third-order valence-corrected chi connectivity index (χ3v) is 2.64. The monoisotopic (exact) mass is 235 g/mol. The van der Waals surface area contributed by atoms with Crippen molar-refractivity contribution in [2.75, 3.05) is 0 Å². The molecule has 0 aliphatic heterocycles. The van der Waals surface area contributed by atoms with Crippen LogP contribution in [0.4, 0.5) is 0 Å². The number of halogens is 3. The molecule has 1 unspecified atom stereocenters. The van der Waals surface area contributed by atoms with Crippen LogP contribution in [-0.4, -0.2) is 5.11 Å². The molecule has 0 saturated carbocycles. The predicted molar refractivity (Wildman–Crippen MR) is 52.0 cm³/mol. The number of aliphatic hydroxyl groups is 1. The van der Waals surface area contributed by atoms with Crippen LogP contribution < -0.4 is 0 Å². The van der Waals surface area contributed by atoms with Gasteiger partial charge in [-0.1, -0.05) is 34.8 Å². The van der Waals surface area contributed by atoms with E-state index in [1.165, 1.54) is 12.1 Å². The number of nitrogens with zero attached hydrogens (tertiary/aromatic N) is 1. The van der Waals surface area contributed by atoms with Gasteiger partial charge in [0.2, 0.25) is 0 Å². The van der Waals surface area contributed by atoms with Crippen molar-refractivity contribution in [3.8, 4) is 6.07 Å². The first-order valence-electron chi connectivity index (χ1n) is 3.28. The van der Waals surface area contributed by atoms with Crippen LogP contribution in [0.5, 0.6) is 0 Å². The van der Waals surface area contributed by atoms with E-state index < -0.39 is 6.10 Å². The molecule has 1 atom stereocenters. The zero-order valence-electron chi connectivity index (χ0n) is 6.26. The van der Waals surface area contributed by atoms with Crippen molar-refractivity contribution in [1.82, 2.24) is 0 Å². The molecule has 0 saturated heterocycles. The van der Waals surface area contributed by atoms with Crippen LogP contribution in [0.15, 0.2) is 12.1 Å². The maximum absolute atomic E-state index is 9.15. The van der Waals surface area contributed by atoms with Gasteiger partial charge in [0, 0.05) is 0 Å². The van der Waals surface area contributed by atoms with E-state index in [-0.39, 0.29) is 15.1 Å². The summed E-state index contributed by atoms with van der Waals surface area (Å²) in [6.07, 6.45) is -1.23. The van der Waals surface area contributed by atoms with Gasteiger partial charge in [-0.25, -0.2) is 0 Å². The van der Waals surface area contributed by atoms with E-state index in [4.69, 9.17) is 45.2 Å². The molecule has 0 spiro atoms. The first-order valence-corrected chi connectivity index (χ1v) is 4.41. The lowest BCUT2D eigenvalue weighted by atomic mass is 10.1. The second-order valence-electron chi connectivity index (χ2n) is 2.33. The maximum Gasteiger partial charge on any atom is 0.166 e.